The second-order valence-corrected chi connectivity index (χ2v) is 6.80. The van der Waals surface area contributed by atoms with Crippen LogP contribution in [-0.4, -0.2) is 33.3 Å². The van der Waals surface area contributed by atoms with E-state index in [1.54, 1.807) is 0 Å². The molecule has 1 aliphatic rings. The molecule has 0 spiro atoms. The first kappa shape index (κ1) is 17.6. The quantitative estimate of drug-likeness (QED) is 0.808. The molecule has 3 rings (SSSR count). The first-order valence-corrected chi connectivity index (χ1v) is 9.12. The zero-order valence-corrected chi connectivity index (χ0v) is 15.0. The van der Waals surface area contributed by atoms with E-state index in [0.717, 1.165) is 24.6 Å². The first-order chi connectivity index (χ1) is 12.1. The number of rotatable bonds is 7. The third kappa shape index (κ3) is 4.45. The van der Waals surface area contributed by atoms with Gasteiger partial charge in [0.25, 0.3) is 0 Å². The minimum absolute atomic E-state index is 0.0150. The van der Waals surface area contributed by atoms with E-state index >= 15 is 0 Å². The van der Waals surface area contributed by atoms with Crippen LogP contribution in [0, 0.1) is 0 Å². The highest BCUT2D eigenvalue weighted by atomic mass is 16.2. The van der Waals surface area contributed by atoms with Crippen molar-refractivity contribution in [3.8, 4) is 0 Å². The van der Waals surface area contributed by atoms with Gasteiger partial charge in [-0.15, -0.1) is 10.2 Å². The number of nitrogens with zero attached hydrogens (tertiary/aromatic N) is 3. The number of nitrogens with one attached hydrogen (secondary N) is 2. The van der Waals surface area contributed by atoms with Crippen molar-refractivity contribution < 1.29 is 4.79 Å². The van der Waals surface area contributed by atoms with Crippen LogP contribution in [0.25, 0.3) is 0 Å². The van der Waals surface area contributed by atoms with Gasteiger partial charge in [-0.25, -0.2) is 0 Å². The molecule has 134 valence electrons. The normalized spacial score (nSPS) is 16.1. The maximum Gasteiger partial charge on any atom is 0.236 e. The predicted molar refractivity (Wildman–Crippen MR) is 97.1 cm³/mol. The average Bonchev–Trinajstić information content (AvgIpc) is 3.07. The molecule has 0 saturated carbocycles. The Morgan fingerprint density at radius 3 is 2.80 bits per heavy atom. The van der Waals surface area contributed by atoms with Crippen molar-refractivity contribution in [3.63, 3.8) is 0 Å². The number of aromatic nitrogens is 3. The Kier molecular flexibility index (Phi) is 5.81. The van der Waals surface area contributed by atoms with Crippen LogP contribution in [0.4, 0.5) is 0 Å². The van der Waals surface area contributed by atoms with Gasteiger partial charge in [-0.1, -0.05) is 37.3 Å². The monoisotopic (exact) mass is 341 g/mol. The van der Waals surface area contributed by atoms with Crippen molar-refractivity contribution in [1.29, 1.82) is 0 Å². The Balaban J connectivity index is 1.46. The lowest BCUT2D eigenvalue weighted by Gasteiger charge is -2.18. The van der Waals surface area contributed by atoms with Gasteiger partial charge < -0.3 is 9.88 Å². The molecule has 1 aliphatic heterocycles. The third-order valence-electron chi connectivity index (χ3n) is 4.85. The fourth-order valence-electron chi connectivity index (χ4n) is 3.14. The first-order valence-electron chi connectivity index (χ1n) is 9.12. The van der Waals surface area contributed by atoms with Gasteiger partial charge in [0.15, 0.2) is 0 Å². The second-order valence-electron chi connectivity index (χ2n) is 6.80. The molecule has 1 aromatic carbocycles. The van der Waals surface area contributed by atoms with E-state index < -0.39 is 0 Å². The lowest BCUT2D eigenvalue weighted by atomic mass is 10.0. The minimum Gasteiger partial charge on any atom is -0.354 e. The summed E-state index contributed by atoms with van der Waals surface area (Å²) in [6.07, 6.45) is 3.36. The van der Waals surface area contributed by atoms with Crippen LogP contribution in [-0.2, 0) is 24.3 Å². The van der Waals surface area contributed by atoms with Crippen LogP contribution in [0.2, 0.25) is 0 Å². The lowest BCUT2D eigenvalue weighted by Crippen LogP contribution is -2.43. The number of aryl methyl sites for hydroxylation is 1. The van der Waals surface area contributed by atoms with Crippen LogP contribution in [0.15, 0.2) is 30.3 Å². The van der Waals surface area contributed by atoms with Crippen LogP contribution < -0.4 is 10.6 Å². The fraction of sp³-hybridized carbons (Fsp3) is 0.526. The van der Waals surface area contributed by atoms with Gasteiger partial charge in [-0.05, 0) is 31.2 Å². The van der Waals surface area contributed by atoms with Crippen molar-refractivity contribution in [1.82, 2.24) is 25.4 Å². The Labute approximate surface area is 149 Å². The summed E-state index contributed by atoms with van der Waals surface area (Å²) in [7, 11) is 0. The van der Waals surface area contributed by atoms with Crippen LogP contribution >= 0.6 is 0 Å². The largest absolute Gasteiger partial charge is 0.354 e. The van der Waals surface area contributed by atoms with Crippen LogP contribution in [0.5, 0.6) is 0 Å². The standard InChI is InChI=1S/C19H27N5O/c1-14(16-8-4-3-5-9-16)12-21-19(25)15(2)20-13-18-23-22-17-10-6-7-11-24(17)18/h3-5,8-9,14-15,20H,6-7,10-13H2,1-2H3,(H,21,25)/t14-,15-/m1/s1. The Morgan fingerprint density at radius 2 is 2.00 bits per heavy atom. The van der Waals surface area contributed by atoms with Gasteiger partial charge in [0.1, 0.15) is 11.6 Å². The number of hydrogen-bond donors (Lipinski definition) is 2. The number of benzene rings is 1. The summed E-state index contributed by atoms with van der Waals surface area (Å²) in [5.41, 5.74) is 1.23. The number of carbonyl (C=O) groups is 1. The highest BCUT2D eigenvalue weighted by molar-refractivity contribution is 5.81. The number of amides is 1. The second kappa shape index (κ2) is 8.25. The van der Waals surface area contributed by atoms with E-state index in [2.05, 4.69) is 44.5 Å². The number of fused-ring (bicyclic) bond motifs is 1. The van der Waals surface area contributed by atoms with Gasteiger partial charge in [-0.2, -0.15) is 0 Å². The van der Waals surface area contributed by atoms with Crippen molar-refractivity contribution in [2.75, 3.05) is 6.54 Å². The van der Waals surface area contributed by atoms with Gasteiger partial charge in [0, 0.05) is 19.5 Å². The average molecular weight is 341 g/mol. The number of carbonyl (C=O) groups excluding carboxylic acids is 1. The Hall–Kier alpha value is -2.21. The van der Waals surface area contributed by atoms with E-state index in [1.807, 2.05) is 25.1 Å². The van der Waals surface area contributed by atoms with E-state index in [9.17, 15) is 4.79 Å². The molecule has 2 aromatic rings. The smallest absolute Gasteiger partial charge is 0.236 e. The highest BCUT2D eigenvalue weighted by Gasteiger charge is 2.18. The molecule has 2 atom stereocenters. The topological polar surface area (TPSA) is 71.8 Å². The SMILES string of the molecule is C[C@H](CNC(=O)[C@@H](C)NCc1nnc2n1CCCC2)c1ccccc1. The Bertz CT molecular complexity index is 697. The van der Waals surface area contributed by atoms with E-state index in [-0.39, 0.29) is 11.9 Å². The maximum atomic E-state index is 12.3. The molecule has 2 heterocycles. The maximum absolute atomic E-state index is 12.3. The summed E-state index contributed by atoms with van der Waals surface area (Å²) in [6.45, 7) is 6.19. The molecule has 1 aromatic heterocycles. The van der Waals surface area contributed by atoms with Gasteiger partial charge in [0.05, 0.1) is 12.6 Å². The molecule has 2 N–H and O–H groups in total. The van der Waals surface area contributed by atoms with E-state index in [0.29, 0.717) is 19.0 Å². The molecule has 1 amide bonds. The lowest BCUT2D eigenvalue weighted by molar-refractivity contribution is -0.122. The summed E-state index contributed by atoms with van der Waals surface area (Å²) in [5.74, 6) is 2.30. The summed E-state index contributed by atoms with van der Waals surface area (Å²) >= 11 is 0. The van der Waals surface area contributed by atoms with Gasteiger partial charge >= 0.3 is 0 Å². The zero-order chi connectivity index (χ0) is 17.6. The van der Waals surface area contributed by atoms with E-state index in [1.165, 1.54) is 18.4 Å². The molecule has 0 unspecified atom stereocenters. The van der Waals surface area contributed by atoms with E-state index in [4.69, 9.17) is 0 Å². The zero-order valence-electron chi connectivity index (χ0n) is 15.0. The third-order valence-corrected chi connectivity index (χ3v) is 4.85. The highest BCUT2D eigenvalue weighted by Crippen LogP contribution is 2.14. The molecule has 0 fully saturated rings. The summed E-state index contributed by atoms with van der Waals surface area (Å²) in [6, 6.07) is 9.97. The minimum atomic E-state index is -0.264. The molecular formula is C19H27N5O. The molecule has 0 bridgehead atoms. The Morgan fingerprint density at radius 1 is 1.20 bits per heavy atom. The van der Waals surface area contributed by atoms with Crippen LogP contribution in [0.3, 0.4) is 0 Å². The molecule has 6 nitrogen and oxygen atoms in total. The van der Waals surface area contributed by atoms with Crippen molar-refractivity contribution in [2.24, 2.45) is 0 Å². The summed E-state index contributed by atoms with van der Waals surface area (Å²) in [4.78, 5) is 12.3. The molecule has 6 heteroatoms. The van der Waals surface area contributed by atoms with Crippen molar-refractivity contribution >= 4 is 5.91 Å². The molecule has 0 aliphatic carbocycles. The summed E-state index contributed by atoms with van der Waals surface area (Å²) < 4.78 is 2.18. The van der Waals surface area contributed by atoms with Crippen molar-refractivity contribution in [2.45, 2.75) is 58.2 Å². The van der Waals surface area contributed by atoms with Gasteiger partial charge in [0.2, 0.25) is 5.91 Å². The molecule has 25 heavy (non-hydrogen) atoms. The number of hydrogen-bond acceptors (Lipinski definition) is 4. The predicted octanol–water partition coefficient (Wildman–Crippen LogP) is 2.01. The molecular weight excluding hydrogens is 314 g/mol. The molecule has 0 radical (unpaired) electrons. The van der Waals surface area contributed by atoms with Crippen molar-refractivity contribution in [3.05, 3.63) is 47.5 Å². The van der Waals surface area contributed by atoms with Gasteiger partial charge in [-0.3, -0.25) is 10.1 Å². The van der Waals surface area contributed by atoms with Crippen LogP contribution in [0.1, 0.15) is 49.8 Å². The summed E-state index contributed by atoms with van der Waals surface area (Å²) in [5, 5.41) is 14.8. The fourth-order valence-corrected chi connectivity index (χ4v) is 3.14. The molecule has 0 saturated heterocycles.